The highest BCUT2D eigenvalue weighted by Gasteiger charge is 2.31. The number of hydrogen-bond acceptors (Lipinski definition) is 6. The molecule has 1 heterocycles. The van der Waals surface area contributed by atoms with Gasteiger partial charge in [0.2, 0.25) is 11.7 Å². The number of allylic oxidation sites excluding steroid dienone is 2. The first-order chi connectivity index (χ1) is 16.5. The zero-order chi connectivity index (χ0) is 27.4. The van der Waals surface area contributed by atoms with Crippen molar-refractivity contribution in [1.82, 2.24) is 4.90 Å². The molecule has 1 aliphatic rings. The van der Waals surface area contributed by atoms with E-state index in [0.29, 0.717) is 11.8 Å². The Kier molecular flexibility index (Phi) is 8.66. The third-order valence-corrected chi connectivity index (χ3v) is 5.32. The van der Waals surface area contributed by atoms with E-state index in [0.717, 1.165) is 34.4 Å². The first-order valence-electron chi connectivity index (χ1n) is 10.4. The number of rotatable bonds is 4. The van der Waals surface area contributed by atoms with Gasteiger partial charge in [0.15, 0.2) is 5.84 Å². The third kappa shape index (κ3) is 7.40. The van der Waals surface area contributed by atoms with Crippen LogP contribution in [0.25, 0.3) is 0 Å². The Morgan fingerprint density at radius 1 is 1.11 bits per heavy atom. The second kappa shape index (κ2) is 10.9. The van der Waals surface area contributed by atoms with Gasteiger partial charge in [-0.25, -0.2) is 0 Å². The topological polar surface area (TPSA) is 143 Å². The highest BCUT2D eigenvalue weighted by Crippen LogP contribution is 2.33. The van der Waals surface area contributed by atoms with E-state index in [4.69, 9.17) is 28.2 Å². The molecule has 0 spiro atoms. The number of amidine groups is 1. The van der Waals surface area contributed by atoms with E-state index in [1.165, 1.54) is 6.92 Å². The van der Waals surface area contributed by atoms with Crippen LogP contribution in [0, 0.1) is 10.8 Å². The van der Waals surface area contributed by atoms with Gasteiger partial charge in [-0.2, -0.15) is 13.2 Å². The van der Waals surface area contributed by atoms with Crippen molar-refractivity contribution < 1.29 is 27.9 Å². The predicted octanol–water partition coefficient (Wildman–Crippen LogP) is 4.58. The molecule has 0 fully saturated rings. The fourth-order valence-corrected chi connectivity index (χ4v) is 3.22. The number of nitrogens with zero attached hydrogens (tertiary/aromatic N) is 1. The van der Waals surface area contributed by atoms with Crippen LogP contribution in [-0.4, -0.2) is 39.8 Å². The Balaban J connectivity index is 0.000000346. The average molecular weight is 524 g/mol. The molecular weight excluding hydrogens is 499 g/mol. The monoisotopic (exact) mass is 523 g/mol. The quantitative estimate of drug-likeness (QED) is 0.373. The van der Waals surface area contributed by atoms with Crippen molar-refractivity contribution in [1.29, 1.82) is 10.8 Å². The molecule has 2 aromatic rings. The summed E-state index contributed by atoms with van der Waals surface area (Å²) >= 11 is 5.76. The van der Waals surface area contributed by atoms with Crippen LogP contribution in [0.4, 0.5) is 24.5 Å². The van der Waals surface area contributed by atoms with Gasteiger partial charge in [0.05, 0.1) is 21.9 Å². The van der Waals surface area contributed by atoms with Crippen molar-refractivity contribution in [3.63, 3.8) is 0 Å². The molecule has 3 rings (SSSR count). The molecule has 0 aromatic heterocycles. The molecule has 12 heteroatoms. The van der Waals surface area contributed by atoms with Crippen LogP contribution in [0.15, 0.2) is 54.2 Å². The predicted molar refractivity (Wildman–Crippen MR) is 132 cm³/mol. The highest BCUT2D eigenvalue weighted by molar-refractivity contribution is 6.68. The maximum Gasteiger partial charge on any atom is 0.416 e. The summed E-state index contributed by atoms with van der Waals surface area (Å²) in [5, 5.41) is 26.8. The van der Waals surface area contributed by atoms with Gasteiger partial charge in [-0.3, -0.25) is 20.4 Å². The van der Waals surface area contributed by atoms with Crippen LogP contribution < -0.4 is 11.1 Å². The minimum atomic E-state index is -4.55. The number of alkyl halides is 3. The molecule has 0 saturated carbocycles. The number of benzene rings is 2. The molecule has 6 N–H and O–H groups in total. The van der Waals surface area contributed by atoms with E-state index in [1.54, 1.807) is 26.0 Å². The van der Waals surface area contributed by atoms with E-state index in [2.05, 4.69) is 5.32 Å². The number of amides is 1. The van der Waals surface area contributed by atoms with Crippen LogP contribution in [0.3, 0.4) is 0 Å². The summed E-state index contributed by atoms with van der Waals surface area (Å²) in [6, 6.07) is 9.73. The van der Waals surface area contributed by atoms with Gasteiger partial charge in [-0.05, 0) is 56.7 Å². The van der Waals surface area contributed by atoms with Gasteiger partial charge in [-0.1, -0.05) is 23.7 Å². The zero-order valence-electron chi connectivity index (χ0n) is 19.6. The molecule has 8 nitrogen and oxygen atoms in total. The molecule has 192 valence electrons. The standard InChI is InChI=1S/C15H12ClF3N4O2.C9H13NO/c1-7-4-11(24)13(20)14(21)23(7)6-12(25)22-10-3-2-8(5-9(10)16)15(17,18)19;1-9(2,11)7-3-5-8(10)6-4-7/h2-5,20-21H,6H2,1H3,(H,22,25);3-6,11H,10H2,1-2H3. The lowest BCUT2D eigenvalue weighted by atomic mass is 9.98. The van der Waals surface area contributed by atoms with E-state index < -0.39 is 47.1 Å². The number of ketones is 1. The van der Waals surface area contributed by atoms with E-state index in [9.17, 15) is 27.9 Å². The number of carbonyl (C=O) groups excluding carboxylic acids is 2. The summed E-state index contributed by atoms with van der Waals surface area (Å²) < 4.78 is 37.8. The molecule has 36 heavy (non-hydrogen) atoms. The first-order valence-corrected chi connectivity index (χ1v) is 10.8. The number of nitrogens with one attached hydrogen (secondary N) is 3. The van der Waals surface area contributed by atoms with Crippen LogP contribution >= 0.6 is 11.6 Å². The van der Waals surface area contributed by atoms with E-state index in [-0.39, 0.29) is 10.7 Å². The lowest BCUT2D eigenvalue weighted by Crippen LogP contribution is -2.45. The van der Waals surface area contributed by atoms with Gasteiger partial charge in [0.1, 0.15) is 12.3 Å². The Morgan fingerprint density at radius 2 is 1.67 bits per heavy atom. The number of nitrogen functional groups attached to an aromatic ring is 1. The molecule has 0 bridgehead atoms. The summed E-state index contributed by atoms with van der Waals surface area (Å²) in [4.78, 5) is 24.6. The Hall–Kier alpha value is -3.70. The molecule has 0 atom stereocenters. The van der Waals surface area contributed by atoms with Crippen LogP contribution in [0.1, 0.15) is 31.9 Å². The minimum Gasteiger partial charge on any atom is -0.399 e. The van der Waals surface area contributed by atoms with Crippen molar-refractivity contribution in [2.75, 3.05) is 17.6 Å². The van der Waals surface area contributed by atoms with Crippen LogP contribution in [-0.2, 0) is 21.4 Å². The summed E-state index contributed by atoms with van der Waals surface area (Å²) in [5.41, 5.74) is 5.11. The van der Waals surface area contributed by atoms with Crippen LogP contribution in [0.5, 0.6) is 0 Å². The summed E-state index contributed by atoms with van der Waals surface area (Å²) in [6.45, 7) is 4.60. The van der Waals surface area contributed by atoms with Gasteiger partial charge in [0, 0.05) is 17.5 Å². The van der Waals surface area contributed by atoms with Crippen LogP contribution in [0.2, 0.25) is 5.02 Å². The van der Waals surface area contributed by atoms with Gasteiger partial charge < -0.3 is 21.1 Å². The molecular formula is C24H25ClF3N5O3. The maximum atomic E-state index is 12.6. The Labute approximate surface area is 210 Å². The number of aliphatic hydroxyl groups is 1. The van der Waals surface area contributed by atoms with Gasteiger partial charge in [0.25, 0.3) is 0 Å². The number of hydrogen-bond donors (Lipinski definition) is 5. The number of halogens is 4. The van der Waals surface area contributed by atoms with Gasteiger partial charge >= 0.3 is 6.18 Å². The minimum absolute atomic E-state index is 0.0176. The molecule has 0 unspecified atom stereocenters. The van der Waals surface area contributed by atoms with Crippen molar-refractivity contribution in [3.8, 4) is 0 Å². The summed E-state index contributed by atoms with van der Waals surface area (Å²) in [6.07, 6.45) is -3.43. The lowest BCUT2D eigenvalue weighted by Gasteiger charge is -2.28. The SMILES string of the molecule is CC(C)(O)c1ccc(N)cc1.CC1=CC(=O)C(=N)C(=N)N1CC(=O)Nc1ccc(C(F)(F)F)cc1Cl. The number of anilines is 2. The van der Waals surface area contributed by atoms with Gasteiger partial charge in [-0.15, -0.1) is 0 Å². The average Bonchev–Trinajstić information content (AvgIpc) is 2.76. The third-order valence-electron chi connectivity index (χ3n) is 5.01. The van der Waals surface area contributed by atoms with E-state index >= 15 is 0 Å². The highest BCUT2D eigenvalue weighted by atomic mass is 35.5. The smallest absolute Gasteiger partial charge is 0.399 e. The summed E-state index contributed by atoms with van der Waals surface area (Å²) in [7, 11) is 0. The maximum absolute atomic E-state index is 12.6. The normalized spacial score (nSPS) is 14.2. The number of nitrogens with two attached hydrogens (primary N) is 1. The molecule has 0 saturated heterocycles. The molecule has 0 radical (unpaired) electrons. The van der Waals surface area contributed by atoms with Crippen molar-refractivity contribution in [3.05, 3.63) is 70.4 Å². The summed E-state index contributed by atoms with van der Waals surface area (Å²) in [5.74, 6) is -1.73. The van der Waals surface area contributed by atoms with Crippen molar-refractivity contribution >= 4 is 46.2 Å². The fourth-order valence-electron chi connectivity index (χ4n) is 2.99. The Bertz CT molecular complexity index is 1220. The largest absolute Gasteiger partial charge is 0.416 e. The fraction of sp³-hybridized carbons (Fsp3) is 0.250. The molecule has 2 aromatic carbocycles. The second-order valence-electron chi connectivity index (χ2n) is 8.38. The molecule has 0 aliphatic carbocycles. The Morgan fingerprint density at radius 3 is 2.17 bits per heavy atom. The van der Waals surface area contributed by atoms with Crippen molar-refractivity contribution in [2.45, 2.75) is 32.5 Å². The number of carbonyl (C=O) groups is 2. The van der Waals surface area contributed by atoms with E-state index in [1.807, 2.05) is 12.1 Å². The zero-order valence-corrected chi connectivity index (χ0v) is 20.4. The second-order valence-corrected chi connectivity index (χ2v) is 8.79. The van der Waals surface area contributed by atoms with Crippen molar-refractivity contribution in [2.24, 2.45) is 0 Å². The molecule has 1 aliphatic heterocycles. The first kappa shape index (κ1) is 28.5. The molecule has 1 amide bonds. The lowest BCUT2D eigenvalue weighted by molar-refractivity contribution is -0.137.